The molecule has 0 unspecified atom stereocenters. The van der Waals surface area contributed by atoms with Gasteiger partial charge in [0.05, 0.1) is 35.1 Å². The number of esters is 1. The Balaban J connectivity index is 1.32. The van der Waals surface area contributed by atoms with E-state index in [4.69, 9.17) is 19.2 Å². The number of hydrogen-bond acceptors (Lipinski definition) is 7. The quantitative estimate of drug-likeness (QED) is 0.143. The third kappa shape index (κ3) is 6.47. The maximum atomic E-state index is 14.3. The minimum Gasteiger partial charge on any atom is -0.490 e. The number of aromatic nitrogens is 1. The lowest BCUT2D eigenvalue weighted by Crippen LogP contribution is -2.40. The van der Waals surface area contributed by atoms with Crippen LogP contribution in [0, 0.1) is 5.82 Å². The molecule has 1 aliphatic rings. The van der Waals surface area contributed by atoms with Gasteiger partial charge in [-0.2, -0.15) is 0 Å². The van der Waals surface area contributed by atoms with Crippen LogP contribution >= 0.6 is 11.3 Å². The molecule has 0 saturated carbocycles. The van der Waals surface area contributed by atoms with Gasteiger partial charge in [0.1, 0.15) is 12.4 Å². The fourth-order valence-corrected chi connectivity index (χ4v) is 7.13. The van der Waals surface area contributed by atoms with E-state index in [1.54, 1.807) is 25.1 Å². The van der Waals surface area contributed by atoms with E-state index in [1.807, 2.05) is 79.7 Å². The molecule has 9 heteroatoms. The van der Waals surface area contributed by atoms with E-state index >= 15 is 0 Å². The third-order valence-electron chi connectivity index (χ3n) is 8.39. The lowest BCUT2D eigenvalue weighted by atomic mass is 9.93. The molecule has 7 nitrogen and oxygen atoms in total. The molecule has 2 heterocycles. The van der Waals surface area contributed by atoms with Crippen molar-refractivity contribution in [2.24, 2.45) is 4.99 Å². The lowest BCUT2D eigenvalue weighted by Gasteiger charge is -2.25. The van der Waals surface area contributed by atoms with Gasteiger partial charge in [-0.3, -0.25) is 9.36 Å². The number of benzene rings is 5. The molecular weight excluding hydrogens is 652 g/mol. The first-order valence-corrected chi connectivity index (χ1v) is 17.2. The number of hydrogen-bond donors (Lipinski definition) is 0. The maximum absolute atomic E-state index is 14.3. The van der Waals surface area contributed by atoms with Crippen LogP contribution in [-0.4, -0.2) is 23.8 Å². The van der Waals surface area contributed by atoms with E-state index in [1.165, 1.54) is 28.0 Å². The Bertz CT molecular complexity index is 2410. The minimum atomic E-state index is -0.896. The van der Waals surface area contributed by atoms with Gasteiger partial charge in [0.15, 0.2) is 16.3 Å². The summed E-state index contributed by atoms with van der Waals surface area (Å²) < 4.78 is 33.7. The van der Waals surface area contributed by atoms with Crippen LogP contribution < -0.4 is 24.4 Å². The van der Waals surface area contributed by atoms with E-state index in [0.29, 0.717) is 50.9 Å². The van der Waals surface area contributed by atoms with Crippen LogP contribution in [0.25, 0.3) is 22.5 Å². The number of carbonyl (C=O) groups excluding carboxylic acids is 1. The molecule has 7 rings (SSSR count). The molecule has 1 atom stereocenters. The van der Waals surface area contributed by atoms with Crippen LogP contribution in [0.2, 0.25) is 0 Å². The van der Waals surface area contributed by atoms with Crippen molar-refractivity contribution in [3.8, 4) is 11.5 Å². The van der Waals surface area contributed by atoms with Crippen LogP contribution in [0.1, 0.15) is 42.1 Å². The molecule has 0 saturated heterocycles. The molecule has 0 N–H and O–H groups in total. The summed E-state index contributed by atoms with van der Waals surface area (Å²) in [5.74, 6) is 0.107. The fraction of sp³-hybridized carbons (Fsp3) is 0.146. The summed E-state index contributed by atoms with van der Waals surface area (Å²) in [4.78, 5) is 33.2. The summed E-state index contributed by atoms with van der Waals surface area (Å²) in [5, 5.41) is 2.27. The first kappa shape index (κ1) is 32.7. The largest absolute Gasteiger partial charge is 0.490 e. The van der Waals surface area contributed by atoms with Crippen molar-refractivity contribution >= 4 is 39.9 Å². The summed E-state index contributed by atoms with van der Waals surface area (Å²) in [6.07, 6.45) is 1.78. The fourth-order valence-electron chi connectivity index (χ4n) is 6.13. The molecule has 5 aromatic carbocycles. The minimum absolute atomic E-state index is 0.134. The number of nitrogens with zero attached hydrogens (tertiary/aromatic N) is 2. The molecular formula is C41H33FN2O5S. The monoisotopic (exact) mass is 684 g/mol. The highest BCUT2D eigenvalue weighted by Crippen LogP contribution is 2.35. The Morgan fingerprint density at radius 1 is 0.860 bits per heavy atom. The number of carbonyl (C=O) groups is 1. The zero-order chi connectivity index (χ0) is 34.6. The Morgan fingerprint density at radius 2 is 1.62 bits per heavy atom. The molecule has 0 fully saturated rings. The first-order chi connectivity index (χ1) is 24.4. The molecule has 1 aromatic heterocycles. The molecule has 1 aliphatic heterocycles. The number of rotatable bonds is 10. The van der Waals surface area contributed by atoms with Gasteiger partial charge >= 0.3 is 5.97 Å². The van der Waals surface area contributed by atoms with Gasteiger partial charge in [0.2, 0.25) is 0 Å². The summed E-state index contributed by atoms with van der Waals surface area (Å²) in [6, 6.07) is 34.1. The molecule has 0 radical (unpaired) electrons. The molecule has 6 aromatic rings. The second-order valence-corrected chi connectivity index (χ2v) is 12.6. The smallest absolute Gasteiger partial charge is 0.338 e. The van der Waals surface area contributed by atoms with Crippen molar-refractivity contribution in [3.63, 3.8) is 0 Å². The van der Waals surface area contributed by atoms with Gasteiger partial charge in [-0.05, 0) is 71.7 Å². The Hall–Kier alpha value is -5.80. The van der Waals surface area contributed by atoms with E-state index in [9.17, 15) is 14.0 Å². The highest BCUT2D eigenvalue weighted by atomic mass is 32.1. The predicted molar refractivity (Wildman–Crippen MR) is 193 cm³/mol. The van der Waals surface area contributed by atoms with Gasteiger partial charge in [0, 0.05) is 5.56 Å². The normalized spacial score (nSPS) is 14.3. The molecule has 0 amide bonds. The highest BCUT2D eigenvalue weighted by molar-refractivity contribution is 7.07. The third-order valence-corrected chi connectivity index (χ3v) is 9.37. The van der Waals surface area contributed by atoms with E-state index in [2.05, 4.69) is 18.2 Å². The van der Waals surface area contributed by atoms with Gasteiger partial charge in [-0.1, -0.05) is 102 Å². The number of fused-ring (bicyclic) bond motifs is 2. The zero-order valence-corrected chi connectivity index (χ0v) is 28.3. The van der Waals surface area contributed by atoms with Crippen molar-refractivity contribution in [1.82, 2.24) is 4.57 Å². The zero-order valence-electron chi connectivity index (χ0n) is 27.5. The van der Waals surface area contributed by atoms with Gasteiger partial charge in [-0.15, -0.1) is 0 Å². The van der Waals surface area contributed by atoms with Crippen LogP contribution in [0.15, 0.2) is 131 Å². The van der Waals surface area contributed by atoms with E-state index < -0.39 is 17.8 Å². The number of thiazole rings is 1. The highest BCUT2D eigenvalue weighted by Gasteiger charge is 2.35. The maximum Gasteiger partial charge on any atom is 0.338 e. The van der Waals surface area contributed by atoms with Gasteiger partial charge < -0.3 is 14.2 Å². The summed E-state index contributed by atoms with van der Waals surface area (Å²) in [7, 11) is 0. The van der Waals surface area contributed by atoms with Crippen LogP contribution in [-0.2, 0) is 16.1 Å². The van der Waals surface area contributed by atoms with Crippen LogP contribution in [0.4, 0.5) is 4.39 Å². The average Bonchev–Trinajstić information content (AvgIpc) is 3.45. The number of halogens is 1. The average molecular weight is 685 g/mol. The Morgan fingerprint density at radius 3 is 2.40 bits per heavy atom. The van der Waals surface area contributed by atoms with Crippen LogP contribution in [0.5, 0.6) is 11.5 Å². The molecule has 0 bridgehead atoms. The molecule has 50 heavy (non-hydrogen) atoms. The Labute approximate surface area is 291 Å². The first-order valence-electron chi connectivity index (χ1n) is 16.4. The van der Waals surface area contributed by atoms with E-state index in [-0.39, 0.29) is 17.7 Å². The van der Waals surface area contributed by atoms with Gasteiger partial charge in [0.25, 0.3) is 5.56 Å². The molecule has 0 aliphatic carbocycles. The van der Waals surface area contributed by atoms with Crippen molar-refractivity contribution < 1.29 is 23.4 Å². The summed E-state index contributed by atoms with van der Waals surface area (Å²) in [5.41, 5.74) is 3.29. The lowest BCUT2D eigenvalue weighted by molar-refractivity contribution is -0.138. The van der Waals surface area contributed by atoms with Crippen molar-refractivity contribution in [2.75, 3.05) is 13.2 Å². The van der Waals surface area contributed by atoms with Gasteiger partial charge in [-0.25, -0.2) is 14.2 Å². The van der Waals surface area contributed by atoms with Crippen molar-refractivity contribution in [3.05, 3.63) is 169 Å². The second kappa shape index (κ2) is 14.4. The SMILES string of the molecule is CCOC(=O)C1=C(c2ccccc2)N=c2s/c(=C\c3ccc(OCc4cccc5ccccc45)c(OCC)c3)c(=O)n2[C@H]1c1ccc(F)cc1. The van der Waals surface area contributed by atoms with E-state index in [0.717, 1.165) is 21.9 Å². The second-order valence-electron chi connectivity index (χ2n) is 11.5. The molecule has 250 valence electrons. The predicted octanol–water partition coefficient (Wildman–Crippen LogP) is 7.21. The standard InChI is InChI=1S/C41H33FN2O5S/c1-3-47-34-23-26(17-22-33(34)49-25-30-15-10-14-27-11-8-9-16-32(27)30)24-35-39(45)44-38(29-18-20-31(42)21-19-29)36(40(46)48-4-2)37(43-41(44)50-35)28-12-6-5-7-13-28/h5-24,38H,3-4,25H2,1-2H3/b35-24-/t38-/m0/s1. The van der Waals surface area contributed by atoms with Crippen molar-refractivity contribution in [2.45, 2.75) is 26.5 Å². The number of ether oxygens (including phenoxy) is 3. The topological polar surface area (TPSA) is 79.1 Å². The van der Waals surface area contributed by atoms with Crippen LogP contribution in [0.3, 0.4) is 0 Å². The summed E-state index contributed by atoms with van der Waals surface area (Å²) >= 11 is 1.21. The van der Waals surface area contributed by atoms with Crippen molar-refractivity contribution in [1.29, 1.82) is 0 Å². The summed E-state index contributed by atoms with van der Waals surface area (Å²) in [6.45, 7) is 4.54. The molecule has 0 spiro atoms. The Kier molecular flexibility index (Phi) is 9.40.